The average Bonchev–Trinajstić information content (AvgIpc) is 3.65. The molecule has 0 fully saturated rings. The van der Waals surface area contributed by atoms with Crippen molar-refractivity contribution in [1.82, 2.24) is 9.13 Å². The topological polar surface area (TPSA) is 9.86 Å². The molecule has 292 valence electrons. The van der Waals surface area contributed by atoms with Gasteiger partial charge in [-0.25, -0.2) is 0 Å². The Kier molecular flexibility index (Phi) is 7.45. The van der Waals surface area contributed by atoms with Crippen molar-refractivity contribution < 1.29 is 0 Å². The van der Waals surface area contributed by atoms with Crippen LogP contribution in [0.1, 0.15) is 130 Å². The van der Waals surface area contributed by atoms with Crippen molar-refractivity contribution in [2.45, 2.75) is 124 Å². The second-order valence-electron chi connectivity index (χ2n) is 22.4. The molecule has 0 bridgehead atoms. The van der Waals surface area contributed by atoms with Crippen molar-refractivity contribution in [3.63, 3.8) is 0 Å². The lowest BCUT2D eigenvalue weighted by atomic mass is 9.30. The van der Waals surface area contributed by atoms with Gasteiger partial charge in [0.15, 0.2) is 0 Å². The fourth-order valence-corrected chi connectivity index (χ4v) is 10.7. The van der Waals surface area contributed by atoms with Crippen molar-refractivity contribution in [2.75, 3.05) is 0 Å². The Hall–Kier alpha value is -5.02. The molecule has 0 atom stereocenters. The number of hydrogen-bond donors (Lipinski definition) is 0. The Morgan fingerprint density at radius 2 is 1.00 bits per heavy atom. The fourth-order valence-electron chi connectivity index (χ4n) is 10.7. The standard InChI is InChI=1S/C55H59BN2/c1-51(2,3)32-18-22-36(23-19-32)57-44-26-21-34(53(7,8)9)29-39(44)47-45(57)27-24-41-48(47)55(13,14)40-16-15-17-46-49(40)56(41)42-31-35(54(10,11)12)30-38-37-28-33(52(4,5)6)20-25-43(37)58(46)50(38)42/h15-31H,1-14H3. The van der Waals surface area contributed by atoms with Crippen LogP contribution in [0, 0.1) is 0 Å². The van der Waals surface area contributed by atoms with Gasteiger partial charge in [-0.15, -0.1) is 0 Å². The first-order valence-electron chi connectivity index (χ1n) is 21.6. The van der Waals surface area contributed by atoms with E-state index in [0.717, 1.165) is 0 Å². The van der Waals surface area contributed by atoms with Gasteiger partial charge in [-0.05, 0) is 121 Å². The SMILES string of the molecule is CC(C)(C)c1ccc(-n2c3ccc(C(C)(C)C)cc3c3c4c(ccc32)B2c3c(cccc3C4(C)C)-n3c4ccc(C(C)(C)C)cc4c4cc(C(C)(C)C)cc2c43)cc1. The van der Waals surface area contributed by atoms with E-state index in [-0.39, 0.29) is 33.8 Å². The van der Waals surface area contributed by atoms with Crippen molar-refractivity contribution in [3.05, 3.63) is 137 Å². The molecule has 2 nitrogen and oxygen atoms in total. The van der Waals surface area contributed by atoms with E-state index in [1.807, 2.05) is 0 Å². The molecule has 8 aromatic rings. The highest BCUT2D eigenvalue weighted by Crippen LogP contribution is 2.46. The first-order chi connectivity index (χ1) is 27.1. The Morgan fingerprint density at radius 3 is 1.60 bits per heavy atom. The maximum absolute atomic E-state index is 2.62. The van der Waals surface area contributed by atoms with Crippen molar-refractivity contribution in [2.24, 2.45) is 0 Å². The number of nitrogens with zero attached hydrogens (tertiary/aromatic N) is 2. The van der Waals surface area contributed by atoms with Crippen LogP contribution in [-0.4, -0.2) is 15.8 Å². The van der Waals surface area contributed by atoms with Gasteiger partial charge in [-0.1, -0.05) is 151 Å². The van der Waals surface area contributed by atoms with Crippen LogP contribution >= 0.6 is 0 Å². The van der Waals surface area contributed by atoms with Crippen molar-refractivity contribution >= 4 is 66.7 Å². The van der Waals surface area contributed by atoms with E-state index in [4.69, 9.17) is 0 Å². The largest absolute Gasteiger partial charge is 0.310 e. The quantitative estimate of drug-likeness (QED) is 0.148. The molecule has 6 aromatic carbocycles. The predicted octanol–water partition coefficient (Wildman–Crippen LogP) is 12.5. The molecule has 2 aromatic heterocycles. The smallest absolute Gasteiger partial charge is 0.247 e. The Bertz CT molecular complexity index is 3040. The van der Waals surface area contributed by atoms with Crippen LogP contribution in [0.15, 0.2) is 103 Å². The average molecular weight is 759 g/mol. The number of aromatic nitrogens is 2. The molecule has 0 saturated heterocycles. The van der Waals surface area contributed by atoms with E-state index < -0.39 is 0 Å². The van der Waals surface area contributed by atoms with E-state index in [1.165, 1.54) is 105 Å². The Morgan fingerprint density at radius 1 is 0.466 bits per heavy atom. The summed E-state index contributed by atoms with van der Waals surface area (Å²) in [5.74, 6) is 0. The summed E-state index contributed by atoms with van der Waals surface area (Å²) in [5, 5.41) is 5.47. The minimum atomic E-state index is -0.260. The minimum absolute atomic E-state index is 0.0133. The zero-order valence-corrected chi connectivity index (χ0v) is 37.3. The van der Waals surface area contributed by atoms with Gasteiger partial charge in [0.05, 0.1) is 16.6 Å². The maximum atomic E-state index is 2.62. The first kappa shape index (κ1) is 37.3. The molecule has 0 N–H and O–H groups in total. The summed E-state index contributed by atoms with van der Waals surface area (Å²) in [6, 6.07) is 41.1. The van der Waals surface area contributed by atoms with Crippen LogP contribution in [0.4, 0.5) is 0 Å². The van der Waals surface area contributed by atoms with Gasteiger partial charge in [0.2, 0.25) is 6.71 Å². The van der Waals surface area contributed by atoms with E-state index in [1.54, 1.807) is 0 Å². The van der Waals surface area contributed by atoms with Crippen LogP contribution < -0.4 is 16.4 Å². The molecule has 2 aliphatic rings. The highest BCUT2D eigenvalue weighted by molar-refractivity contribution is 6.99. The van der Waals surface area contributed by atoms with Gasteiger partial charge < -0.3 is 9.13 Å². The molecule has 0 radical (unpaired) electrons. The molecular weight excluding hydrogens is 699 g/mol. The molecule has 4 heterocycles. The third kappa shape index (κ3) is 5.10. The molecule has 0 aliphatic carbocycles. The van der Waals surface area contributed by atoms with Gasteiger partial charge in [0.1, 0.15) is 0 Å². The Balaban J connectivity index is 1.36. The number of fused-ring (bicyclic) bond motifs is 11. The molecule has 10 rings (SSSR count). The zero-order valence-electron chi connectivity index (χ0n) is 37.3. The van der Waals surface area contributed by atoms with Crippen LogP contribution in [0.25, 0.3) is 55.0 Å². The van der Waals surface area contributed by atoms with Gasteiger partial charge >= 0.3 is 0 Å². The summed E-state index contributed by atoms with van der Waals surface area (Å²) in [6.45, 7) is 33.1. The summed E-state index contributed by atoms with van der Waals surface area (Å²) in [7, 11) is 0. The summed E-state index contributed by atoms with van der Waals surface area (Å²) < 4.78 is 5.16. The molecule has 0 spiro atoms. The third-order valence-electron chi connectivity index (χ3n) is 14.0. The van der Waals surface area contributed by atoms with E-state index in [9.17, 15) is 0 Å². The van der Waals surface area contributed by atoms with Crippen LogP contribution in [0.5, 0.6) is 0 Å². The Labute approximate surface area is 346 Å². The van der Waals surface area contributed by atoms with Crippen LogP contribution in [0.3, 0.4) is 0 Å². The highest BCUT2D eigenvalue weighted by Gasteiger charge is 2.46. The van der Waals surface area contributed by atoms with E-state index in [2.05, 4.69) is 209 Å². The predicted molar refractivity (Wildman–Crippen MR) is 253 cm³/mol. The third-order valence-corrected chi connectivity index (χ3v) is 14.0. The number of benzene rings is 6. The maximum Gasteiger partial charge on any atom is 0.247 e. The first-order valence-corrected chi connectivity index (χ1v) is 21.6. The molecule has 0 unspecified atom stereocenters. The normalized spacial score (nSPS) is 15.2. The van der Waals surface area contributed by atoms with Gasteiger partial charge in [0.25, 0.3) is 0 Å². The molecule has 58 heavy (non-hydrogen) atoms. The zero-order chi connectivity index (χ0) is 41.2. The van der Waals surface area contributed by atoms with Crippen molar-refractivity contribution in [1.29, 1.82) is 0 Å². The monoisotopic (exact) mass is 758 g/mol. The lowest BCUT2D eigenvalue weighted by Gasteiger charge is -2.42. The lowest BCUT2D eigenvalue weighted by Crippen LogP contribution is -2.63. The van der Waals surface area contributed by atoms with Gasteiger partial charge in [-0.2, -0.15) is 0 Å². The second-order valence-corrected chi connectivity index (χ2v) is 22.4. The molecule has 3 heteroatoms. The summed E-state index contributed by atoms with van der Waals surface area (Å²) in [6.07, 6.45) is 0. The number of rotatable bonds is 1. The molecular formula is C55H59BN2. The van der Waals surface area contributed by atoms with Crippen molar-refractivity contribution in [3.8, 4) is 11.4 Å². The fraction of sp³-hybridized carbons (Fsp3) is 0.345. The van der Waals surface area contributed by atoms with Crippen LogP contribution in [0.2, 0.25) is 0 Å². The van der Waals surface area contributed by atoms with Gasteiger partial charge in [0, 0.05) is 43.9 Å². The molecule has 2 aliphatic heterocycles. The van der Waals surface area contributed by atoms with Gasteiger partial charge in [-0.3, -0.25) is 0 Å². The molecule has 0 saturated carbocycles. The second kappa shape index (κ2) is 11.6. The van der Waals surface area contributed by atoms with E-state index in [0.29, 0.717) is 0 Å². The molecule has 0 amide bonds. The lowest BCUT2D eigenvalue weighted by molar-refractivity contribution is 0.590. The minimum Gasteiger partial charge on any atom is -0.310 e. The van der Waals surface area contributed by atoms with Crippen LogP contribution in [-0.2, 0) is 27.1 Å². The number of hydrogen-bond acceptors (Lipinski definition) is 0. The van der Waals surface area contributed by atoms with E-state index >= 15 is 0 Å². The summed E-state index contributed by atoms with van der Waals surface area (Å²) in [4.78, 5) is 0. The summed E-state index contributed by atoms with van der Waals surface area (Å²) >= 11 is 0. The summed E-state index contributed by atoms with van der Waals surface area (Å²) in [5.41, 5.74) is 20.4. The highest BCUT2D eigenvalue weighted by atomic mass is 15.0.